The third kappa shape index (κ3) is 15.7. The van der Waals surface area contributed by atoms with Crippen molar-refractivity contribution in [2.75, 3.05) is 13.7 Å². The summed E-state index contributed by atoms with van der Waals surface area (Å²) in [5, 5.41) is 10.3. The molecule has 0 aliphatic rings. The van der Waals surface area contributed by atoms with Crippen LogP contribution in [-0.2, 0) is 37.0 Å². The van der Waals surface area contributed by atoms with Crippen LogP contribution in [0.3, 0.4) is 0 Å². The van der Waals surface area contributed by atoms with E-state index in [1.54, 1.807) is 0 Å². The van der Waals surface area contributed by atoms with Gasteiger partial charge in [0.15, 0.2) is 0 Å². The van der Waals surface area contributed by atoms with Crippen molar-refractivity contribution in [1.82, 2.24) is 20.3 Å². The van der Waals surface area contributed by atoms with E-state index in [2.05, 4.69) is 27.3 Å². The number of ether oxygens (including phenoxy) is 2. The molecule has 0 aromatic carbocycles. The van der Waals surface area contributed by atoms with Crippen molar-refractivity contribution in [3.63, 3.8) is 0 Å². The van der Waals surface area contributed by atoms with Crippen molar-refractivity contribution in [2.24, 2.45) is 0 Å². The maximum Gasteiger partial charge on any atom is 0.331 e. The molecule has 0 saturated heterocycles. The van der Waals surface area contributed by atoms with Gasteiger partial charge in [-0.25, -0.2) is 9.48 Å². The zero-order valence-corrected chi connectivity index (χ0v) is 20.2. The molecule has 9 nitrogen and oxygen atoms in total. The number of methoxy groups -OCH3 is 1. The topological polar surface area (TPSA) is 112 Å². The van der Waals surface area contributed by atoms with Crippen molar-refractivity contribution >= 4 is 17.8 Å². The number of hydrogen-bond donors (Lipinski definition) is 1. The number of aromatic nitrogens is 3. The van der Waals surface area contributed by atoms with Gasteiger partial charge < -0.3 is 14.8 Å². The van der Waals surface area contributed by atoms with E-state index in [1.807, 2.05) is 0 Å². The highest BCUT2D eigenvalue weighted by atomic mass is 16.5. The van der Waals surface area contributed by atoms with Crippen molar-refractivity contribution in [3.05, 3.63) is 24.0 Å². The molecular formula is C24H40N4O5. The van der Waals surface area contributed by atoms with Gasteiger partial charge in [0.25, 0.3) is 0 Å². The summed E-state index contributed by atoms with van der Waals surface area (Å²) in [6, 6.07) is 0. The van der Waals surface area contributed by atoms with Crippen molar-refractivity contribution in [3.8, 4) is 0 Å². The Kier molecular flexibility index (Phi) is 16.2. The van der Waals surface area contributed by atoms with Crippen LogP contribution in [0.2, 0.25) is 0 Å². The van der Waals surface area contributed by atoms with Gasteiger partial charge in [0.05, 0.1) is 13.3 Å². The summed E-state index contributed by atoms with van der Waals surface area (Å²) in [5.74, 6) is -1.43. The SMILES string of the molecule is CCCCCCCCCCCCCCNC(=O)/C=C\C(=O)OCc1cn(CC(=O)OC)nn1. The first-order chi connectivity index (χ1) is 16.0. The summed E-state index contributed by atoms with van der Waals surface area (Å²) >= 11 is 0. The predicted octanol–water partition coefficient (Wildman–Crippen LogP) is 3.87. The van der Waals surface area contributed by atoms with E-state index < -0.39 is 11.9 Å². The maximum atomic E-state index is 11.8. The number of nitrogens with one attached hydrogen (secondary N) is 1. The Morgan fingerprint density at radius 3 is 2.15 bits per heavy atom. The molecule has 0 aliphatic carbocycles. The Balaban J connectivity index is 2.00. The molecule has 0 saturated carbocycles. The number of carbonyl (C=O) groups is 3. The molecule has 1 heterocycles. The first-order valence-electron chi connectivity index (χ1n) is 12.1. The Labute approximate surface area is 197 Å². The normalized spacial score (nSPS) is 11.0. The van der Waals surface area contributed by atoms with E-state index in [0.717, 1.165) is 25.0 Å². The summed E-state index contributed by atoms with van der Waals surface area (Å²) in [7, 11) is 1.28. The van der Waals surface area contributed by atoms with Crippen LogP contribution in [0.5, 0.6) is 0 Å². The van der Waals surface area contributed by atoms with Gasteiger partial charge in [-0.3, -0.25) is 9.59 Å². The van der Waals surface area contributed by atoms with E-state index in [4.69, 9.17) is 4.74 Å². The minimum Gasteiger partial charge on any atom is -0.468 e. The number of carbonyl (C=O) groups excluding carboxylic acids is 3. The molecule has 1 N–H and O–H groups in total. The van der Waals surface area contributed by atoms with Crippen LogP contribution >= 0.6 is 0 Å². The third-order valence-corrected chi connectivity index (χ3v) is 5.17. The average molecular weight is 465 g/mol. The van der Waals surface area contributed by atoms with Gasteiger partial charge in [-0.1, -0.05) is 82.8 Å². The summed E-state index contributed by atoms with van der Waals surface area (Å²) < 4.78 is 10.8. The summed E-state index contributed by atoms with van der Waals surface area (Å²) in [5.41, 5.74) is 0.386. The molecule has 0 aliphatic heterocycles. The summed E-state index contributed by atoms with van der Waals surface area (Å²) in [6.07, 6.45) is 19.0. The van der Waals surface area contributed by atoms with Crippen molar-refractivity contribution in [2.45, 2.75) is 97.1 Å². The minimum atomic E-state index is -0.655. The molecule has 1 aromatic rings. The Bertz CT molecular complexity index is 717. The first kappa shape index (κ1) is 28.3. The second kappa shape index (κ2) is 18.8. The monoisotopic (exact) mass is 464 g/mol. The van der Waals surface area contributed by atoms with Crippen LogP contribution in [0, 0.1) is 0 Å². The van der Waals surface area contributed by atoms with E-state index in [-0.39, 0.29) is 19.1 Å². The van der Waals surface area contributed by atoms with Crippen LogP contribution in [0.25, 0.3) is 0 Å². The van der Waals surface area contributed by atoms with Crippen LogP contribution in [0.1, 0.15) is 89.7 Å². The van der Waals surface area contributed by atoms with Crippen molar-refractivity contribution in [1.29, 1.82) is 0 Å². The minimum absolute atomic E-state index is 0.0727. The zero-order valence-electron chi connectivity index (χ0n) is 20.2. The van der Waals surface area contributed by atoms with Gasteiger partial charge in [-0.05, 0) is 6.42 Å². The molecule has 0 fully saturated rings. The molecule has 0 spiro atoms. The van der Waals surface area contributed by atoms with Gasteiger partial charge in [-0.15, -0.1) is 5.10 Å². The highest BCUT2D eigenvalue weighted by Gasteiger charge is 2.07. The molecule has 0 atom stereocenters. The smallest absolute Gasteiger partial charge is 0.331 e. The maximum absolute atomic E-state index is 11.8. The van der Waals surface area contributed by atoms with Gasteiger partial charge in [0.1, 0.15) is 18.8 Å². The Hall–Kier alpha value is -2.71. The fourth-order valence-corrected chi connectivity index (χ4v) is 3.25. The lowest BCUT2D eigenvalue weighted by atomic mass is 10.1. The van der Waals surface area contributed by atoms with Gasteiger partial charge >= 0.3 is 11.9 Å². The van der Waals surface area contributed by atoms with E-state index in [0.29, 0.717) is 12.2 Å². The zero-order chi connectivity index (χ0) is 24.2. The Morgan fingerprint density at radius 1 is 0.939 bits per heavy atom. The lowest BCUT2D eigenvalue weighted by Gasteiger charge is -2.04. The van der Waals surface area contributed by atoms with Gasteiger partial charge in [-0.2, -0.15) is 0 Å². The average Bonchev–Trinajstić information content (AvgIpc) is 3.26. The quantitative estimate of drug-likeness (QED) is 0.188. The highest BCUT2D eigenvalue weighted by molar-refractivity contribution is 5.94. The molecule has 0 bridgehead atoms. The lowest BCUT2D eigenvalue weighted by Crippen LogP contribution is -2.22. The number of esters is 2. The first-order valence-corrected chi connectivity index (χ1v) is 12.1. The van der Waals surface area contributed by atoms with E-state index >= 15 is 0 Å². The molecule has 0 unspecified atom stereocenters. The van der Waals surface area contributed by atoms with Gasteiger partial charge in [0, 0.05) is 18.7 Å². The molecule has 0 radical (unpaired) electrons. The van der Waals surface area contributed by atoms with Crippen LogP contribution in [0.4, 0.5) is 0 Å². The predicted molar refractivity (Wildman–Crippen MR) is 125 cm³/mol. The molecular weight excluding hydrogens is 424 g/mol. The number of amides is 1. The Morgan fingerprint density at radius 2 is 1.55 bits per heavy atom. The molecule has 1 rings (SSSR count). The molecule has 9 heteroatoms. The standard InChI is InChI=1S/C24H40N4O5/c1-3-4-5-6-7-8-9-10-11-12-13-14-17-25-22(29)15-16-23(30)33-20-21-18-28(27-26-21)19-24(31)32-2/h15-16,18H,3-14,17,19-20H2,1-2H3,(H,25,29)/b16-15-. The van der Waals surface area contributed by atoms with E-state index in [1.165, 1.54) is 82.2 Å². The van der Waals surface area contributed by atoms with Gasteiger partial charge in [0.2, 0.25) is 5.91 Å². The largest absolute Gasteiger partial charge is 0.468 e. The molecule has 186 valence electrons. The van der Waals surface area contributed by atoms with Crippen molar-refractivity contribution < 1.29 is 23.9 Å². The molecule has 33 heavy (non-hydrogen) atoms. The summed E-state index contributed by atoms with van der Waals surface area (Å²) in [4.78, 5) is 34.7. The molecule has 1 amide bonds. The summed E-state index contributed by atoms with van der Waals surface area (Å²) in [6.45, 7) is 2.66. The highest BCUT2D eigenvalue weighted by Crippen LogP contribution is 2.11. The fraction of sp³-hybridized carbons (Fsp3) is 0.708. The lowest BCUT2D eigenvalue weighted by molar-refractivity contribution is -0.141. The number of hydrogen-bond acceptors (Lipinski definition) is 7. The third-order valence-electron chi connectivity index (χ3n) is 5.17. The van der Waals surface area contributed by atoms with Crippen LogP contribution in [0.15, 0.2) is 18.3 Å². The fourth-order valence-electron chi connectivity index (χ4n) is 3.25. The molecule has 1 aromatic heterocycles. The van der Waals surface area contributed by atoms with Crippen LogP contribution < -0.4 is 5.32 Å². The second-order valence-electron chi connectivity index (χ2n) is 8.10. The number of unbranched alkanes of at least 4 members (excludes halogenated alkanes) is 11. The second-order valence-corrected chi connectivity index (χ2v) is 8.10. The number of nitrogens with zero attached hydrogens (tertiary/aromatic N) is 3. The van der Waals surface area contributed by atoms with Crippen LogP contribution in [-0.4, -0.2) is 46.5 Å². The number of rotatable bonds is 19. The van der Waals surface area contributed by atoms with E-state index in [9.17, 15) is 14.4 Å².